The van der Waals surface area contributed by atoms with Gasteiger partial charge in [0.15, 0.2) is 0 Å². The lowest BCUT2D eigenvalue weighted by molar-refractivity contribution is -0.184. The molecular formula is C73H86O32. The molecule has 0 atom stereocenters. The fraction of sp³-hybridized carbons (Fsp3) is 0.342. The van der Waals surface area contributed by atoms with E-state index in [4.69, 9.17) is 75.8 Å². The Kier molecular flexibility index (Phi) is 44.8. The zero-order valence-corrected chi connectivity index (χ0v) is 59.0. The molecular weight excluding hydrogens is 1390 g/mol. The monoisotopic (exact) mass is 1470 g/mol. The lowest BCUT2D eigenvalue weighted by Gasteiger charge is -2.32. The Morgan fingerprint density at radius 3 is 0.733 bits per heavy atom. The van der Waals surface area contributed by atoms with Gasteiger partial charge in [-0.3, -0.25) is 4.79 Å². The lowest BCUT2D eigenvalue weighted by Crippen LogP contribution is -2.49. The van der Waals surface area contributed by atoms with Crippen molar-refractivity contribution in [2.75, 3.05) is 99.1 Å². The van der Waals surface area contributed by atoms with Gasteiger partial charge in [-0.2, -0.15) is 0 Å². The molecule has 0 fully saturated rings. The predicted octanol–water partition coefficient (Wildman–Crippen LogP) is 5.52. The maximum Gasteiger partial charge on any atom is 0.338 e. The van der Waals surface area contributed by atoms with Crippen molar-refractivity contribution in [3.05, 3.63) is 198 Å². The molecule has 32 heteroatoms. The van der Waals surface area contributed by atoms with Crippen molar-refractivity contribution in [1.29, 1.82) is 0 Å². The first kappa shape index (κ1) is 94.4. The van der Waals surface area contributed by atoms with E-state index < -0.39 is 170 Å². The van der Waals surface area contributed by atoms with Gasteiger partial charge in [0.1, 0.15) is 115 Å². The largest absolute Gasteiger partial charge is 0.464 e. The molecule has 0 aliphatic rings. The fourth-order valence-corrected chi connectivity index (χ4v) is 6.50. The summed E-state index contributed by atoms with van der Waals surface area (Å²) >= 11 is 0. The Morgan fingerprint density at radius 1 is 0.305 bits per heavy atom. The Hall–Kier alpha value is -12.6. The highest BCUT2D eigenvalue weighted by Gasteiger charge is 2.42. The van der Waals surface area contributed by atoms with Crippen LogP contribution in [0.5, 0.6) is 0 Å². The van der Waals surface area contributed by atoms with Crippen LogP contribution in [-0.2, 0) is 143 Å². The topological polar surface area (TPSA) is 421 Å². The minimum absolute atomic E-state index is 0.149. The summed E-state index contributed by atoms with van der Waals surface area (Å²) in [6.07, 6.45) is 8.63. The third-order valence-electron chi connectivity index (χ3n) is 12.5. The summed E-state index contributed by atoms with van der Waals surface area (Å²) in [5.74, 6) is -13.7. The van der Waals surface area contributed by atoms with Gasteiger partial charge in [-0.1, -0.05) is 105 Å². The molecule has 32 nitrogen and oxygen atoms in total. The number of hydrogen-bond donors (Lipinski definition) is 0. The molecule has 1 aromatic rings. The summed E-state index contributed by atoms with van der Waals surface area (Å²) in [6.45, 7) is 43.2. The van der Waals surface area contributed by atoms with Crippen LogP contribution in [0.3, 0.4) is 0 Å². The number of carbonyl (C=O) groups excluding carboxylic acids is 16. The molecule has 1 aromatic carbocycles. The normalized spacial score (nSPS) is 10.4. The van der Waals surface area contributed by atoms with E-state index in [1.807, 2.05) is 0 Å². The number of carbonyl (C=O) groups is 16. The Labute approximate surface area is 605 Å². The summed E-state index contributed by atoms with van der Waals surface area (Å²) in [5.41, 5.74) is -6.32. The summed E-state index contributed by atoms with van der Waals surface area (Å²) in [6, 6.07) is 4.90. The first-order valence-corrected chi connectivity index (χ1v) is 30.4. The quantitative estimate of drug-likeness (QED) is 0.0440. The van der Waals surface area contributed by atoms with E-state index in [1.165, 1.54) is 39.0 Å². The van der Waals surface area contributed by atoms with Crippen LogP contribution in [-0.4, -0.2) is 200 Å². The number of rotatable bonds is 47. The predicted molar refractivity (Wildman–Crippen MR) is 367 cm³/mol. The van der Waals surface area contributed by atoms with E-state index in [9.17, 15) is 76.7 Å². The van der Waals surface area contributed by atoms with Crippen LogP contribution in [0.4, 0.5) is 0 Å². The maximum atomic E-state index is 13.1. The van der Waals surface area contributed by atoms with E-state index in [1.54, 1.807) is 13.8 Å². The summed E-state index contributed by atoms with van der Waals surface area (Å²) in [5, 5.41) is 0. The minimum Gasteiger partial charge on any atom is -0.464 e. The average Bonchev–Trinajstić information content (AvgIpc) is 0.859. The van der Waals surface area contributed by atoms with Crippen molar-refractivity contribution in [3.63, 3.8) is 0 Å². The highest BCUT2D eigenvalue weighted by Crippen LogP contribution is 2.27. The number of benzene rings is 1. The smallest absolute Gasteiger partial charge is 0.338 e. The molecule has 0 saturated heterocycles. The molecule has 0 aliphatic carbocycles. The van der Waals surface area contributed by atoms with Crippen molar-refractivity contribution in [2.24, 2.45) is 22.2 Å². The maximum absolute atomic E-state index is 13.1. The first-order valence-electron chi connectivity index (χ1n) is 30.4. The van der Waals surface area contributed by atoms with E-state index in [0.717, 1.165) is 66.8 Å². The van der Waals surface area contributed by atoms with Crippen LogP contribution < -0.4 is 0 Å². The molecule has 570 valence electrons. The van der Waals surface area contributed by atoms with Crippen LogP contribution in [0.2, 0.25) is 0 Å². The van der Waals surface area contributed by atoms with Crippen molar-refractivity contribution in [2.45, 2.75) is 40.2 Å². The van der Waals surface area contributed by atoms with Gasteiger partial charge in [-0.25, -0.2) is 71.9 Å². The summed E-state index contributed by atoms with van der Waals surface area (Å²) in [7, 11) is 0. The number of ether oxygens (including phenoxy) is 16. The minimum atomic E-state index is -2.06. The average molecular weight is 1480 g/mol. The molecule has 105 heavy (non-hydrogen) atoms. The van der Waals surface area contributed by atoms with E-state index in [-0.39, 0.29) is 80.7 Å². The Bertz CT molecular complexity index is 3200. The van der Waals surface area contributed by atoms with Gasteiger partial charge in [0.25, 0.3) is 0 Å². The van der Waals surface area contributed by atoms with Crippen LogP contribution >= 0.6 is 0 Å². The Balaban J connectivity index is 0. The molecule has 0 saturated carbocycles. The molecule has 0 N–H and O–H groups in total. The van der Waals surface area contributed by atoms with Crippen LogP contribution in [0.15, 0.2) is 187 Å². The first-order chi connectivity index (χ1) is 49.3. The molecule has 0 unspecified atom stereocenters. The molecule has 0 aliphatic heterocycles. The van der Waals surface area contributed by atoms with E-state index in [0.29, 0.717) is 0 Å². The third kappa shape index (κ3) is 39.2. The van der Waals surface area contributed by atoms with Gasteiger partial charge >= 0.3 is 95.5 Å². The van der Waals surface area contributed by atoms with Crippen LogP contribution in [0, 0.1) is 22.2 Å². The molecule has 1 rings (SSSR count). The highest BCUT2D eigenvalue weighted by molar-refractivity contribution is 5.96. The molecule has 0 radical (unpaired) electrons. The van der Waals surface area contributed by atoms with Gasteiger partial charge in [-0.05, 0) is 39.0 Å². The van der Waals surface area contributed by atoms with E-state index >= 15 is 0 Å². The molecule has 0 heterocycles. The molecule has 0 bridgehead atoms. The second kappa shape index (κ2) is 49.8. The summed E-state index contributed by atoms with van der Waals surface area (Å²) < 4.78 is 81.9. The van der Waals surface area contributed by atoms with Crippen molar-refractivity contribution in [3.8, 4) is 0 Å². The zero-order chi connectivity index (χ0) is 80.5. The van der Waals surface area contributed by atoms with Gasteiger partial charge in [0, 0.05) is 77.5 Å². The van der Waals surface area contributed by atoms with Gasteiger partial charge in [-0.15, -0.1) is 0 Å². The molecule has 0 amide bonds. The SMILES string of the molecule is C=C(C)C(=O)OCC(COC(=O)C(=C)C)(COC(=O)C(=C)C)COC(=O)C(C)C.C=CC(=O)OCC(COC(=O)C=C)(COC(=O)C=C)COC(=O)C=C.C=CC(=O)OCC(COC(=O)C=C)(COC(=O)C=C)COC(=O)c1cccc(C(=O)OCC(COC(=O)C=C)(COC(=O)C=C)OC(=O)C=C)c1. The van der Waals surface area contributed by atoms with E-state index in [2.05, 4.69) is 85.5 Å². The van der Waals surface area contributed by atoms with Crippen LogP contribution in [0.1, 0.15) is 55.3 Å². The zero-order valence-electron chi connectivity index (χ0n) is 59.0. The third-order valence-corrected chi connectivity index (χ3v) is 12.5. The van der Waals surface area contributed by atoms with Crippen molar-refractivity contribution in [1.82, 2.24) is 0 Å². The summed E-state index contributed by atoms with van der Waals surface area (Å²) in [4.78, 5) is 190. The van der Waals surface area contributed by atoms with Gasteiger partial charge in [0.05, 0.1) is 17.0 Å². The fourth-order valence-electron chi connectivity index (χ4n) is 6.50. The number of esters is 16. The second-order valence-electron chi connectivity index (χ2n) is 22.2. The van der Waals surface area contributed by atoms with Gasteiger partial charge in [0.2, 0.25) is 5.60 Å². The van der Waals surface area contributed by atoms with Gasteiger partial charge < -0.3 is 75.8 Å². The number of hydrogen-bond acceptors (Lipinski definition) is 32. The van der Waals surface area contributed by atoms with Crippen molar-refractivity contribution < 1.29 is 153 Å². The van der Waals surface area contributed by atoms with Crippen molar-refractivity contribution >= 4 is 95.5 Å². The Morgan fingerprint density at radius 2 is 0.505 bits per heavy atom. The van der Waals surface area contributed by atoms with Crippen LogP contribution in [0.25, 0.3) is 0 Å². The second-order valence-corrected chi connectivity index (χ2v) is 22.2. The molecule has 0 aromatic heterocycles. The highest BCUT2D eigenvalue weighted by atomic mass is 16.6. The lowest BCUT2D eigenvalue weighted by atomic mass is 9.92. The molecule has 0 spiro atoms. The standard InChI is InChI=1S/C35H36O16.C21H30O8.C17H20O8/c1-7-26(36)44-17-34(18-45-27(37)8-2,19-46-28(38)9-3)20-49-32(42)24-14-13-15-25(16-24)33(43)50-23-35(51-31(41)12-6,21-47-29(39)10-4)22-48-30(40)11-5;1-13(2)17(22)26-9-21(10-27-18(23)14(3)4,11-28-19(24)15(5)6)12-29-20(25)16(7)8;1-5-13(18)22-9-17(10-23-14(19)6-2,11-24-15(20)7-3)12-25-16(21)8-4/h7-16H,1-6,17-23H2;16H,1,3,5,9-12H2,2,4,6-8H3;5-8H,1-4,9-12H2.